The van der Waals surface area contributed by atoms with Gasteiger partial charge in [-0.05, 0) is 44.0 Å². The Labute approximate surface area is 102 Å². The predicted molar refractivity (Wildman–Crippen MR) is 68.5 cm³/mol. The van der Waals surface area contributed by atoms with Crippen LogP contribution in [0.15, 0.2) is 29.2 Å². The van der Waals surface area contributed by atoms with Crippen LogP contribution < -0.4 is 10.0 Å². The lowest BCUT2D eigenvalue weighted by molar-refractivity contribution is 0.333. The van der Waals surface area contributed by atoms with Gasteiger partial charge in [0.05, 0.1) is 4.90 Å². The molecule has 17 heavy (non-hydrogen) atoms. The minimum atomic E-state index is -3.34. The van der Waals surface area contributed by atoms with Crippen molar-refractivity contribution in [2.24, 2.45) is 5.92 Å². The molecule has 1 aliphatic rings. The minimum absolute atomic E-state index is 0.304. The molecule has 0 atom stereocenters. The standard InChI is InChI=1S/C12H18N2O2S/c1-13-17(15,16)12-7-3-6-11(8-12)14-9-10-4-2-5-10/h3,6-8,10,13-14H,2,4-5,9H2,1H3. The Balaban J connectivity index is 2.05. The third-order valence-electron chi connectivity index (χ3n) is 3.23. The van der Waals surface area contributed by atoms with E-state index < -0.39 is 10.0 Å². The van der Waals surface area contributed by atoms with E-state index in [4.69, 9.17) is 0 Å². The van der Waals surface area contributed by atoms with Crippen LogP contribution in [0.4, 0.5) is 5.69 Å². The molecule has 0 spiro atoms. The maximum Gasteiger partial charge on any atom is 0.240 e. The summed E-state index contributed by atoms with van der Waals surface area (Å²) in [4.78, 5) is 0.304. The fraction of sp³-hybridized carbons (Fsp3) is 0.500. The number of benzene rings is 1. The average Bonchev–Trinajstić information content (AvgIpc) is 2.27. The van der Waals surface area contributed by atoms with E-state index in [2.05, 4.69) is 10.0 Å². The number of nitrogens with one attached hydrogen (secondary N) is 2. The average molecular weight is 254 g/mol. The number of anilines is 1. The van der Waals surface area contributed by atoms with Crippen molar-refractivity contribution in [2.75, 3.05) is 18.9 Å². The summed E-state index contributed by atoms with van der Waals surface area (Å²) >= 11 is 0. The van der Waals surface area contributed by atoms with Crippen LogP contribution in [0.1, 0.15) is 19.3 Å². The molecular formula is C12H18N2O2S. The lowest BCUT2D eigenvalue weighted by Crippen LogP contribution is -2.21. The summed E-state index contributed by atoms with van der Waals surface area (Å²) in [5.74, 6) is 0.750. The first-order chi connectivity index (χ1) is 8.12. The fourth-order valence-corrected chi connectivity index (χ4v) is 2.63. The Kier molecular flexibility index (Phi) is 3.69. The summed E-state index contributed by atoms with van der Waals surface area (Å²) in [6.45, 7) is 0.934. The molecule has 0 aromatic heterocycles. The third-order valence-corrected chi connectivity index (χ3v) is 4.64. The van der Waals surface area contributed by atoms with E-state index in [0.717, 1.165) is 18.2 Å². The molecule has 0 aliphatic heterocycles. The van der Waals surface area contributed by atoms with Gasteiger partial charge in [0.2, 0.25) is 10.0 Å². The van der Waals surface area contributed by atoms with Gasteiger partial charge in [-0.15, -0.1) is 0 Å². The minimum Gasteiger partial charge on any atom is -0.385 e. The summed E-state index contributed by atoms with van der Waals surface area (Å²) in [6, 6.07) is 6.92. The molecule has 1 saturated carbocycles. The van der Waals surface area contributed by atoms with Gasteiger partial charge in [0.25, 0.3) is 0 Å². The Morgan fingerprint density at radius 1 is 1.35 bits per heavy atom. The highest BCUT2D eigenvalue weighted by Gasteiger charge is 2.17. The van der Waals surface area contributed by atoms with E-state index in [9.17, 15) is 8.42 Å². The first kappa shape index (κ1) is 12.4. The van der Waals surface area contributed by atoms with Gasteiger partial charge >= 0.3 is 0 Å². The van der Waals surface area contributed by atoms with E-state index >= 15 is 0 Å². The molecule has 0 heterocycles. The molecule has 94 valence electrons. The van der Waals surface area contributed by atoms with E-state index in [1.54, 1.807) is 18.2 Å². The molecule has 1 aromatic rings. The summed E-state index contributed by atoms with van der Waals surface area (Å²) in [6.07, 6.45) is 3.88. The van der Waals surface area contributed by atoms with Gasteiger partial charge in [-0.25, -0.2) is 13.1 Å². The van der Waals surface area contributed by atoms with Crippen molar-refractivity contribution in [3.8, 4) is 0 Å². The zero-order chi connectivity index (χ0) is 12.3. The summed E-state index contributed by atoms with van der Waals surface area (Å²) in [7, 11) is -1.92. The second-order valence-electron chi connectivity index (χ2n) is 4.41. The molecule has 0 amide bonds. The van der Waals surface area contributed by atoms with Crippen LogP contribution in [0, 0.1) is 5.92 Å². The van der Waals surface area contributed by atoms with Crippen LogP contribution in [-0.4, -0.2) is 22.0 Å². The molecule has 0 saturated heterocycles. The van der Waals surface area contributed by atoms with Crippen LogP contribution in [-0.2, 0) is 10.0 Å². The van der Waals surface area contributed by atoms with Gasteiger partial charge in [-0.1, -0.05) is 12.5 Å². The number of sulfonamides is 1. The van der Waals surface area contributed by atoms with Crippen LogP contribution in [0.5, 0.6) is 0 Å². The zero-order valence-corrected chi connectivity index (χ0v) is 10.8. The summed E-state index contributed by atoms with van der Waals surface area (Å²) in [5.41, 5.74) is 0.869. The topological polar surface area (TPSA) is 58.2 Å². The van der Waals surface area contributed by atoms with Gasteiger partial charge in [0, 0.05) is 12.2 Å². The normalized spacial score (nSPS) is 16.5. The predicted octanol–water partition coefficient (Wildman–Crippen LogP) is 1.81. The Morgan fingerprint density at radius 2 is 2.12 bits per heavy atom. The lowest BCUT2D eigenvalue weighted by atomic mass is 9.85. The van der Waals surface area contributed by atoms with Crippen molar-refractivity contribution in [3.63, 3.8) is 0 Å². The molecule has 1 aromatic carbocycles. The molecular weight excluding hydrogens is 236 g/mol. The van der Waals surface area contributed by atoms with Crippen molar-refractivity contribution < 1.29 is 8.42 Å². The third kappa shape index (κ3) is 2.98. The van der Waals surface area contributed by atoms with Crippen molar-refractivity contribution in [1.29, 1.82) is 0 Å². The molecule has 5 heteroatoms. The van der Waals surface area contributed by atoms with E-state index in [-0.39, 0.29) is 0 Å². The quantitative estimate of drug-likeness (QED) is 0.842. The van der Waals surface area contributed by atoms with E-state index in [1.807, 2.05) is 6.07 Å². The molecule has 0 radical (unpaired) electrons. The highest BCUT2D eigenvalue weighted by atomic mass is 32.2. The highest BCUT2D eigenvalue weighted by molar-refractivity contribution is 7.89. The van der Waals surface area contributed by atoms with Crippen LogP contribution >= 0.6 is 0 Å². The van der Waals surface area contributed by atoms with Crippen molar-refractivity contribution in [1.82, 2.24) is 4.72 Å². The first-order valence-electron chi connectivity index (χ1n) is 5.89. The van der Waals surface area contributed by atoms with Crippen LogP contribution in [0.2, 0.25) is 0 Å². The smallest absolute Gasteiger partial charge is 0.240 e. The molecule has 1 aliphatic carbocycles. The maximum absolute atomic E-state index is 11.6. The largest absolute Gasteiger partial charge is 0.385 e. The van der Waals surface area contributed by atoms with Crippen molar-refractivity contribution in [3.05, 3.63) is 24.3 Å². The van der Waals surface area contributed by atoms with Crippen LogP contribution in [0.25, 0.3) is 0 Å². The van der Waals surface area contributed by atoms with E-state index in [1.165, 1.54) is 26.3 Å². The number of hydrogen-bond acceptors (Lipinski definition) is 3. The SMILES string of the molecule is CNS(=O)(=O)c1cccc(NCC2CCC2)c1. The molecule has 0 unspecified atom stereocenters. The van der Waals surface area contributed by atoms with Gasteiger partial charge in [0.1, 0.15) is 0 Å². The zero-order valence-electron chi connectivity index (χ0n) is 9.94. The number of rotatable bonds is 5. The molecule has 2 N–H and O–H groups in total. The second kappa shape index (κ2) is 5.06. The Bertz CT molecular complexity index is 481. The monoisotopic (exact) mass is 254 g/mol. The van der Waals surface area contributed by atoms with Gasteiger partial charge in [-0.3, -0.25) is 0 Å². The van der Waals surface area contributed by atoms with Gasteiger partial charge in [0.15, 0.2) is 0 Å². The van der Waals surface area contributed by atoms with Gasteiger partial charge < -0.3 is 5.32 Å². The fourth-order valence-electron chi connectivity index (χ4n) is 1.85. The van der Waals surface area contributed by atoms with Crippen molar-refractivity contribution in [2.45, 2.75) is 24.2 Å². The first-order valence-corrected chi connectivity index (χ1v) is 7.37. The second-order valence-corrected chi connectivity index (χ2v) is 6.30. The maximum atomic E-state index is 11.6. The van der Waals surface area contributed by atoms with Crippen LogP contribution in [0.3, 0.4) is 0 Å². The summed E-state index contributed by atoms with van der Waals surface area (Å²) in [5, 5.41) is 3.29. The number of hydrogen-bond donors (Lipinski definition) is 2. The molecule has 0 bridgehead atoms. The molecule has 4 nitrogen and oxygen atoms in total. The Hall–Kier alpha value is -1.07. The highest BCUT2D eigenvalue weighted by Crippen LogP contribution is 2.26. The van der Waals surface area contributed by atoms with Crippen molar-refractivity contribution >= 4 is 15.7 Å². The molecule has 2 rings (SSSR count). The molecule has 1 fully saturated rings. The Morgan fingerprint density at radius 3 is 2.71 bits per heavy atom. The van der Waals surface area contributed by atoms with Gasteiger partial charge in [-0.2, -0.15) is 0 Å². The summed E-state index contributed by atoms with van der Waals surface area (Å²) < 4.78 is 25.6. The lowest BCUT2D eigenvalue weighted by Gasteiger charge is -2.25. The van der Waals surface area contributed by atoms with E-state index in [0.29, 0.717) is 4.90 Å².